The van der Waals surface area contributed by atoms with Crippen LogP contribution in [0.15, 0.2) is 0 Å². The fourth-order valence-electron chi connectivity index (χ4n) is 3.16. The number of alkyl carbamates (subject to hydrolysis) is 1. The van der Waals surface area contributed by atoms with E-state index >= 15 is 0 Å². The lowest BCUT2D eigenvalue weighted by Gasteiger charge is -2.38. The third-order valence-corrected chi connectivity index (χ3v) is 4.10. The maximum absolute atomic E-state index is 11.9. The fourth-order valence-corrected chi connectivity index (χ4v) is 3.16. The number of amides is 1. The van der Waals surface area contributed by atoms with Gasteiger partial charge in [-0.05, 0) is 53.0 Å². The summed E-state index contributed by atoms with van der Waals surface area (Å²) in [5, 5.41) is 2.94. The normalized spacial score (nSPS) is 23.1. The largest absolute Gasteiger partial charge is 0.444 e. The number of carbonyl (C=O) groups is 1. The molecule has 124 valence electrons. The van der Waals surface area contributed by atoms with Crippen molar-refractivity contribution < 1.29 is 9.53 Å². The van der Waals surface area contributed by atoms with Gasteiger partial charge >= 0.3 is 6.09 Å². The molecule has 3 unspecified atom stereocenters. The number of nitrogens with zero attached hydrogens (tertiary/aromatic N) is 1. The van der Waals surface area contributed by atoms with Crippen molar-refractivity contribution in [2.24, 2.45) is 11.7 Å². The average molecular weight is 299 g/mol. The number of nitrogens with one attached hydrogen (secondary N) is 1. The second kappa shape index (κ2) is 7.45. The third-order valence-electron chi connectivity index (χ3n) is 4.10. The Balaban J connectivity index is 2.64. The van der Waals surface area contributed by atoms with Gasteiger partial charge in [-0.3, -0.25) is 4.90 Å². The third kappa shape index (κ3) is 5.47. The van der Waals surface area contributed by atoms with Crippen molar-refractivity contribution in [1.29, 1.82) is 0 Å². The van der Waals surface area contributed by atoms with Crippen LogP contribution in [0.5, 0.6) is 0 Å². The highest BCUT2D eigenvalue weighted by atomic mass is 16.6. The zero-order valence-corrected chi connectivity index (χ0v) is 14.5. The fraction of sp³-hybridized carbons (Fsp3) is 0.938. The molecule has 3 N–H and O–H groups in total. The minimum Gasteiger partial charge on any atom is -0.444 e. The molecular formula is C16H33N3O2. The predicted molar refractivity (Wildman–Crippen MR) is 86.2 cm³/mol. The second-order valence-corrected chi connectivity index (χ2v) is 7.43. The van der Waals surface area contributed by atoms with Gasteiger partial charge in [0.15, 0.2) is 0 Å². The molecule has 0 saturated carbocycles. The van der Waals surface area contributed by atoms with Gasteiger partial charge in [-0.15, -0.1) is 0 Å². The Hall–Kier alpha value is -0.810. The lowest BCUT2D eigenvalue weighted by atomic mass is 9.99. The maximum Gasteiger partial charge on any atom is 0.407 e. The highest BCUT2D eigenvalue weighted by molar-refractivity contribution is 5.68. The van der Waals surface area contributed by atoms with E-state index in [1.165, 1.54) is 12.8 Å². The quantitative estimate of drug-likeness (QED) is 0.817. The number of ether oxygens (including phenoxy) is 1. The molecule has 0 aromatic heterocycles. The molecule has 21 heavy (non-hydrogen) atoms. The van der Waals surface area contributed by atoms with E-state index in [4.69, 9.17) is 10.5 Å². The SMILES string of the molecule is CC(C)C1CCCN1C(CN)C(C)NC(=O)OC(C)(C)C. The van der Waals surface area contributed by atoms with Crippen LogP contribution in [0.3, 0.4) is 0 Å². The molecule has 1 rings (SSSR count). The molecule has 1 aliphatic rings. The van der Waals surface area contributed by atoms with Crippen LogP contribution in [-0.4, -0.2) is 47.8 Å². The molecule has 1 saturated heterocycles. The van der Waals surface area contributed by atoms with Gasteiger partial charge in [-0.25, -0.2) is 4.79 Å². The standard InChI is InChI=1S/C16H33N3O2/c1-11(2)13-8-7-9-19(13)14(10-17)12(3)18-15(20)21-16(4,5)6/h11-14H,7-10,17H2,1-6H3,(H,18,20). The second-order valence-electron chi connectivity index (χ2n) is 7.43. The van der Waals surface area contributed by atoms with Crippen molar-refractivity contribution in [3.63, 3.8) is 0 Å². The molecule has 5 heteroatoms. The monoisotopic (exact) mass is 299 g/mol. The number of rotatable bonds is 5. The summed E-state index contributed by atoms with van der Waals surface area (Å²) in [5.41, 5.74) is 5.51. The van der Waals surface area contributed by atoms with Crippen LogP contribution < -0.4 is 11.1 Å². The van der Waals surface area contributed by atoms with Gasteiger partial charge in [0.25, 0.3) is 0 Å². The Bertz CT molecular complexity index is 339. The first-order valence-corrected chi connectivity index (χ1v) is 8.11. The lowest BCUT2D eigenvalue weighted by Crippen LogP contribution is -2.56. The summed E-state index contributed by atoms with van der Waals surface area (Å²) in [4.78, 5) is 14.4. The van der Waals surface area contributed by atoms with Gasteiger partial charge in [-0.1, -0.05) is 13.8 Å². The first-order chi connectivity index (χ1) is 9.65. The summed E-state index contributed by atoms with van der Waals surface area (Å²) in [5.74, 6) is 0.607. The Morgan fingerprint density at radius 2 is 2.00 bits per heavy atom. The first-order valence-electron chi connectivity index (χ1n) is 8.11. The summed E-state index contributed by atoms with van der Waals surface area (Å²) in [6.45, 7) is 13.7. The van der Waals surface area contributed by atoms with E-state index in [0.717, 1.165) is 6.54 Å². The molecule has 0 bridgehead atoms. The average Bonchev–Trinajstić information content (AvgIpc) is 2.76. The van der Waals surface area contributed by atoms with Crippen LogP contribution in [0.4, 0.5) is 4.79 Å². The van der Waals surface area contributed by atoms with Gasteiger partial charge in [0, 0.05) is 24.7 Å². The van der Waals surface area contributed by atoms with E-state index in [9.17, 15) is 4.79 Å². The molecule has 1 amide bonds. The van der Waals surface area contributed by atoms with Gasteiger partial charge in [0.2, 0.25) is 0 Å². The first kappa shape index (κ1) is 18.2. The van der Waals surface area contributed by atoms with Crippen molar-refractivity contribution in [3.05, 3.63) is 0 Å². The number of hydrogen-bond donors (Lipinski definition) is 2. The zero-order valence-electron chi connectivity index (χ0n) is 14.5. The van der Waals surface area contributed by atoms with E-state index in [1.54, 1.807) is 0 Å². The Morgan fingerprint density at radius 1 is 1.38 bits per heavy atom. The van der Waals surface area contributed by atoms with Gasteiger partial charge in [0.05, 0.1) is 0 Å². The molecule has 1 fully saturated rings. The zero-order chi connectivity index (χ0) is 16.2. The summed E-state index contributed by atoms with van der Waals surface area (Å²) < 4.78 is 5.33. The molecular weight excluding hydrogens is 266 g/mol. The van der Waals surface area contributed by atoms with Crippen LogP contribution in [-0.2, 0) is 4.74 Å². The highest BCUT2D eigenvalue weighted by Gasteiger charge is 2.35. The molecule has 0 radical (unpaired) electrons. The number of carbonyl (C=O) groups excluding carboxylic acids is 1. The van der Waals surface area contributed by atoms with Crippen molar-refractivity contribution in [2.75, 3.05) is 13.1 Å². The Kier molecular flexibility index (Phi) is 6.47. The minimum absolute atomic E-state index is 0.0239. The van der Waals surface area contributed by atoms with Gasteiger partial charge < -0.3 is 15.8 Å². The molecule has 1 aliphatic heterocycles. The smallest absolute Gasteiger partial charge is 0.407 e. The van der Waals surface area contributed by atoms with Crippen molar-refractivity contribution in [1.82, 2.24) is 10.2 Å². The molecule has 1 heterocycles. The van der Waals surface area contributed by atoms with Crippen molar-refractivity contribution in [3.8, 4) is 0 Å². The highest BCUT2D eigenvalue weighted by Crippen LogP contribution is 2.26. The molecule has 0 aromatic rings. The van der Waals surface area contributed by atoms with E-state index in [-0.39, 0.29) is 18.2 Å². The summed E-state index contributed by atoms with van der Waals surface area (Å²) in [6, 6.07) is 0.693. The van der Waals surface area contributed by atoms with Crippen LogP contribution in [0.2, 0.25) is 0 Å². The van der Waals surface area contributed by atoms with Gasteiger partial charge in [0.1, 0.15) is 5.60 Å². The summed E-state index contributed by atoms with van der Waals surface area (Å²) in [6.07, 6.45) is 2.06. The van der Waals surface area contributed by atoms with Crippen molar-refractivity contribution >= 4 is 6.09 Å². The van der Waals surface area contributed by atoms with E-state index < -0.39 is 5.60 Å². The number of hydrogen-bond acceptors (Lipinski definition) is 4. The van der Waals surface area contributed by atoms with E-state index in [2.05, 4.69) is 24.1 Å². The van der Waals surface area contributed by atoms with Crippen LogP contribution in [0, 0.1) is 5.92 Å². The molecule has 0 aromatic carbocycles. The topological polar surface area (TPSA) is 67.6 Å². The maximum atomic E-state index is 11.9. The summed E-state index contributed by atoms with van der Waals surface area (Å²) in [7, 11) is 0. The Labute approximate surface area is 129 Å². The van der Waals surface area contributed by atoms with Crippen molar-refractivity contribution in [2.45, 2.75) is 78.1 Å². The van der Waals surface area contributed by atoms with Crippen LogP contribution in [0.25, 0.3) is 0 Å². The Morgan fingerprint density at radius 3 is 2.48 bits per heavy atom. The van der Waals surface area contributed by atoms with E-state index in [1.807, 2.05) is 27.7 Å². The molecule has 0 spiro atoms. The van der Waals surface area contributed by atoms with Gasteiger partial charge in [-0.2, -0.15) is 0 Å². The number of likely N-dealkylation sites (tertiary alicyclic amines) is 1. The minimum atomic E-state index is -0.476. The lowest BCUT2D eigenvalue weighted by molar-refractivity contribution is 0.0454. The summed E-state index contributed by atoms with van der Waals surface area (Å²) >= 11 is 0. The van der Waals surface area contributed by atoms with Crippen LogP contribution in [0.1, 0.15) is 54.4 Å². The molecule has 0 aliphatic carbocycles. The molecule has 5 nitrogen and oxygen atoms in total. The van der Waals surface area contributed by atoms with E-state index in [0.29, 0.717) is 18.5 Å². The number of nitrogens with two attached hydrogens (primary N) is 1. The molecule has 3 atom stereocenters. The predicted octanol–water partition coefficient (Wildman–Crippen LogP) is 2.35. The van der Waals surface area contributed by atoms with Crippen LogP contribution >= 0.6 is 0 Å².